The first-order chi connectivity index (χ1) is 7.24. The number of nitrogens with two attached hydrogens (primary N) is 1. The van der Waals surface area contributed by atoms with Crippen LogP contribution in [-0.2, 0) is 14.3 Å². The number of rotatable bonds is 9. The minimum atomic E-state index is -0.197. The highest BCUT2D eigenvalue weighted by atomic mass is 16.5. The summed E-state index contributed by atoms with van der Waals surface area (Å²) in [6.07, 6.45) is 2.31. The molecule has 3 N–H and O–H groups in total. The van der Waals surface area contributed by atoms with Crippen molar-refractivity contribution in [3.05, 3.63) is 0 Å². The monoisotopic (exact) mass is 218 g/mol. The molecule has 90 valence electrons. The molecule has 0 saturated heterocycles. The van der Waals surface area contributed by atoms with Crippen LogP contribution in [0.25, 0.3) is 0 Å². The molecule has 0 spiro atoms. The zero-order valence-corrected chi connectivity index (χ0v) is 9.62. The van der Waals surface area contributed by atoms with Gasteiger partial charge in [0.25, 0.3) is 0 Å². The van der Waals surface area contributed by atoms with E-state index in [-0.39, 0.29) is 12.0 Å². The van der Waals surface area contributed by atoms with Crippen LogP contribution in [0.3, 0.4) is 0 Å². The van der Waals surface area contributed by atoms with Gasteiger partial charge in [0, 0.05) is 19.7 Å². The predicted molar refractivity (Wildman–Crippen MR) is 58.6 cm³/mol. The van der Waals surface area contributed by atoms with Gasteiger partial charge < -0.3 is 20.5 Å². The molecule has 0 bridgehead atoms. The van der Waals surface area contributed by atoms with Crippen LogP contribution in [-0.4, -0.2) is 45.9 Å². The van der Waals surface area contributed by atoms with Gasteiger partial charge in [-0.15, -0.1) is 0 Å². The van der Waals surface area contributed by atoms with Crippen molar-refractivity contribution >= 4 is 5.97 Å². The van der Waals surface area contributed by atoms with E-state index in [2.05, 4.69) is 10.1 Å². The van der Waals surface area contributed by atoms with Crippen LogP contribution in [0.5, 0.6) is 0 Å². The molecule has 0 aromatic heterocycles. The number of carbonyl (C=O) groups excluding carboxylic acids is 1. The Bertz CT molecular complexity index is 165. The van der Waals surface area contributed by atoms with Crippen LogP contribution in [0.2, 0.25) is 0 Å². The Kier molecular flexibility index (Phi) is 9.46. The molecular weight excluding hydrogens is 196 g/mol. The van der Waals surface area contributed by atoms with Gasteiger partial charge >= 0.3 is 5.97 Å². The third kappa shape index (κ3) is 8.35. The molecule has 0 amide bonds. The molecule has 0 fully saturated rings. The van der Waals surface area contributed by atoms with Gasteiger partial charge in [0.05, 0.1) is 20.1 Å². The van der Waals surface area contributed by atoms with E-state index in [0.717, 1.165) is 12.8 Å². The SMILES string of the molecule is COCC(CCCN)NCCC(=O)OC. The van der Waals surface area contributed by atoms with Crippen LogP contribution >= 0.6 is 0 Å². The first-order valence-electron chi connectivity index (χ1n) is 5.23. The van der Waals surface area contributed by atoms with Gasteiger partial charge in [-0.3, -0.25) is 4.79 Å². The molecular formula is C10H22N2O3. The van der Waals surface area contributed by atoms with Gasteiger partial charge in [-0.2, -0.15) is 0 Å². The summed E-state index contributed by atoms with van der Waals surface area (Å²) in [7, 11) is 3.06. The molecule has 0 aromatic carbocycles. The standard InChI is InChI=1S/C10H22N2O3/c1-14-8-9(4-3-6-11)12-7-5-10(13)15-2/h9,12H,3-8,11H2,1-2H3. The zero-order chi connectivity index (χ0) is 11.5. The Morgan fingerprint density at radius 3 is 2.73 bits per heavy atom. The normalized spacial score (nSPS) is 12.5. The highest BCUT2D eigenvalue weighted by molar-refractivity contribution is 5.69. The van der Waals surface area contributed by atoms with Gasteiger partial charge in [0.2, 0.25) is 0 Å². The summed E-state index contributed by atoms with van der Waals surface area (Å²) in [5.41, 5.74) is 5.43. The molecule has 0 aliphatic carbocycles. The van der Waals surface area contributed by atoms with Crippen molar-refractivity contribution in [1.82, 2.24) is 5.32 Å². The molecule has 5 nitrogen and oxygen atoms in total. The zero-order valence-electron chi connectivity index (χ0n) is 9.62. The third-order valence-electron chi connectivity index (χ3n) is 2.11. The van der Waals surface area contributed by atoms with Crippen molar-refractivity contribution in [2.45, 2.75) is 25.3 Å². The maximum atomic E-state index is 10.9. The van der Waals surface area contributed by atoms with Crippen molar-refractivity contribution in [2.24, 2.45) is 5.73 Å². The number of carbonyl (C=O) groups is 1. The molecule has 1 unspecified atom stereocenters. The van der Waals surface area contributed by atoms with E-state index in [1.54, 1.807) is 7.11 Å². The van der Waals surface area contributed by atoms with Crippen LogP contribution in [0, 0.1) is 0 Å². The topological polar surface area (TPSA) is 73.6 Å². The summed E-state index contributed by atoms with van der Waals surface area (Å²) < 4.78 is 9.61. The van der Waals surface area contributed by atoms with Crippen molar-refractivity contribution in [3.63, 3.8) is 0 Å². The minimum absolute atomic E-state index is 0.197. The second kappa shape index (κ2) is 9.89. The fourth-order valence-corrected chi connectivity index (χ4v) is 1.29. The molecule has 0 heterocycles. The Labute approximate surface area is 91.3 Å². The number of hydrogen-bond acceptors (Lipinski definition) is 5. The van der Waals surface area contributed by atoms with E-state index in [4.69, 9.17) is 10.5 Å². The molecule has 0 aliphatic heterocycles. The van der Waals surface area contributed by atoms with E-state index >= 15 is 0 Å². The largest absolute Gasteiger partial charge is 0.469 e. The second-order valence-corrected chi connectivity index (χ2v) is 3.36. The fourth-order valence-electron chi connectivity index (χ4n) is 1.29. The molecule has 0 radical (unpaired) electrons. The molecule has 0 saturated carbocycles. The first-order valence-corrected chi connectivity index (χ1v) is 5.23. The van der Waals surface area contributed by atoms with E-state index < -0.39 is 0 Å². The number of esters is 1. The lowest BCUT2D eigenvalue weighted by Gasteiger charge is -2.17. The Morgan fingerprint density at radius 1 is 1.47 bits per heavy atom. The number of methoxy groups -OCH3 is 2. The van der Waals surface area contributed by atoms with E-state index in [0.29, 0.717) is 26.1 Å². The van der Waals surface area contributed by atoms with Crippen LogP contribution in [0.1, 0.15) is 19.3 Å². The molecule has 0 rings (SSSR count). The summed E-state index contributed by atoms with van der Waals surface area (Å²) in [5.74, 6) is -0.197. The van der Waals surface area contributed by atoms with Crippen molar-refractivity contribution < 1.29 is 14.3 Å². The minimum Gasteiger partial charge on any atom is -0.469 e. The first kappa shape index (κ1) is 14.3. The quantitative estimate of drug-likeness (QED) is 0.528. The average molecular weight is 218 g/mol. The van der Waals surface area contributed by atoms with Crippen molar-refractivity contribution in [1.29, 1.82) is 0 Å². The highest BCUT2D eigenvalue weighted by Crippen LogP contribution is 1.97. The summed E-state index contributed by atoms with van der Waals surface area (Å²) in [5, 5.41) is 3.24. The van der Waals surface area contributed by atoms with E-state index in [9.17, 15) is 4.79 Å². The number of nitrogens with one attached hydrogen (secondary N) is 1. The second-order valence-electron chi connectivity index (χ2n) is 3.36. The van der Waals surface area contributed by atoms with Gasteiger partial charge in [-0.25, -0.2) is 0 Å². The molecule has 5 heteroatoms. The third-order valence-corrected chi connectivity index (χ3v) is 2.11. The smallest absolute Gasteiger partial charge is 0.306 e. The van der Waals surface area contributed by atoms with Crippen LogP contribution in [0.15, 0.2) is 0 Å². The Hall–Kier alpha value is -0.650. The lowest BCUT2D eigenvalue weighted by Crippen LogP contribution is -2.35. The Balaban J connectivity index is 3.60. The Morgan fingerprint density at radius 2 is 2.20 bits per heavy atom. The van der Waals surface area contributed by atoms with E-state index in [1.165, 1.54) is 7.11 Å². The van der Waals surface area contributed by atoms with E-state index in [1.807, 2.05) is 0 Å². The average Bonchev–Trinajstić information content (AvgIpc) is 2.25. The summed E-state index contributed by atoms with van der Waals surface area (Å²) in [6, 6.07) is 0.267. The maximum Gasteiger partial charge on any atom is 0.306 e. The fraction of sp³-hybridized carbons (Fsp3) is 0.900. The van der Waals surface area contributed by atoms with Gasteiger partial charge in [0.1, 0.15) is 0 Å². The number of hydrogen-bond donors (Lipinski definition) is 2. The maximum absolute atomic E-state index is 10.9. The lowest BCUT2D eigenvalue weighted by molar-refractivity contribution is -0.140. The highest BCUT2D eigenvalue weighted by Gasteiger charge is 2.08. The lowest BCUT2D eigenvalue weighted by atomic mass is 10.1. The predicted octanol–water partition coefficient (Wildman–Crippen LogP) is -0.107. The summed E-state index contributed by atoms with van der Waals surface area (Å²) in [6.45, 7) is 1.94. The van der Waals surface area contributed by atoms with Gasteiger partial charge in [0.15, 0.2) is 0 Å². The summed E-state index contributed by atoms with van der Waals surface area (Å²) in [4.78, 5) is 10.9. The van der Waals surface area contributed by atoms with Crippen molar-refractivity contribution in [3.8, 4) is 0 Å². The molecule has 0 aliphatic rings. The number of ether oxygens (including phenoxy) is 2. The van der Waals surface area contributed by atoms with Gasteiger partial charge in [-0.1, -0.05) is 0 Å². The summed E-state index contributed by atoms with van der Waals surface area (Å²) >= 11 is 0. The van der Waals surface area contributed by atoms with Crippen LogP contribution < -0.4 is 11.1 Å². The van der Waals surface area contributed by atoms with Gasteiger partial charge in [-0.05, 0) is 19.4 Å². The molecule has 0 aromatic rings. The van der Waals surface area contributed by atoms with Crippen molar-refractivity contribution in [2.75, 3.05) is 33.9 Å². The molecule has 15 heavy (non-hydrogen) atoms. The van der Waals surface area contributed by atoms with Crippen LogP contribution in [0.4, 0.5) is 0 Å². The molecule has 1 atom stereocenters.